The van der Waals surface area contributed by atoms with Crippen LogP contribution in [0.1, 0.15) is 52.3 Å². The summed E-state index contributed by atoms with van der Waals surface area (Å²) in [6.07, 6.45) is 5.19. The summed E-state index contributed by atoms with van der Waals surface area (Å²) < 4.78 is 7.71. The molecule has 0 fully saturated rings. The summed E-state index contributed by atoms with van der Waals surface area (Å²) in [5.41, 5.74) is 1.14. The molecule has 0 spiro atoms. The molecule has 1 rings (SSSR count). The Hall–Kier alpha value is -0.870. The van der Waals surface area contributed by atoms with Gasteiger partial charge in [0.1, 0.15) is 0 Å². The summed E-state index contributed by atoms with van der Waals surface area (Å²) in [5.74, 6) is 0. The lowest BCUT2D eigenvalue weighted by Crippen LogP contribution is -2.35. The number of aromatic nitrogens is 2. The lowest BCUT2D eigenvalue weighted by Gasteiger charge is -2.17. The number of hydrogen-bond donors (Lipinski definition) is 1. The Balaban J connectivity index is 2.50. The monoisotopic (exact) mass is 267 g/mol. The third-order valence-corrected chi connectivity index (χ3v) is 3.32. The van der Waals surface area contributed by atoms with Crippen LogP contribution in [-0.2, 0) is 11.2 Å². The van der Waals surface area contributed by atoms with Crippen molar-refractivity contribution in [2.75, 3.05) is 19.8 Å². The van der Waals surface area contributed by atoms with Gasteiger partial charge >= 0.3 is 0 Å². The van der Waals surface area contributed by atoms with Gasteiger partial charge in [-0.2, -0.15) is 5.10 Å². The lowest BCUT2D eigenvalue weighted by atomic mass is 10.1. The Bertz CT molecular complexity index is 338. The molecule has 2 atom stereocenters. The summed E-state index contributed by atoms with van der Waals surface area (Å²) in [6, 6.07) is 2.95. The molecule has 0 bridgehead atoms. The molecular formula is C15H29N3O. The van der Waals surface area contributed by atoms with Gasteiger partial charge in [-0.05, 0) is 32.4 Å². The van der Waals surface area contributed by atoms with Crippen molar-refractivity contribution in [2.45, 2.75) is 59.0 Å². The van der Waals surface area contributed by atoms with Crippen LogP contribution in [-0.4, -0.2) is 35.6 Å². The van der Waals surface area contributed by atoms with Crippen LogP contribution in [0.15, 0.2) is 12.3 Å². The van der Waals surface area contributed by atoms with E-state index >= 15 is 0 Å². The van der Waals surface area contributed by atoms with Crippen LogP contribution >= 0.6 is 0 Å². The molecule has 0 saturated carbocycles. The number of ether oxygens (including phenoxy) is 1. The third-order valence-electron chi connectivity index (χ3n) is 3.32. The summed E-state index contributed by atoms with van der Waals surface area (Å²) in [7, 11) is 0. The lowest BCUT2D eigenvalue weighted by molar-refractivity contribution is 0.112. The Kier molecular flexibility index (Phi) is 7.75. The van der Waals surface area contributed by atoms with Crippen LogP contribution in [0.2, 0.25) is 0 Å². The number of nitrogens with zero attached hydrogens (tertiary/aromatic N) is 2. The van der Waals surface area contributed by atoms with Crippen molar-refractivity contribution < 1.29 is 4.74 Å². The molecule has 1 N–H and O–H groups in total. The van der Waals surface area contributed by atoms with E-state index in [1.807, 2.05) is 0 Å². The highest BCUT2D eigenvalue weighted by Crippen LogP contribution is 2.10. The van der Waals surface area contributed by atoms with Crippen LogP contribution in [0, 0.1) is 0 Å². The van der Waals surface area contributed by atoms with Crippen molar-refractivity contribution in [3.63, 3.8) is 0 Å². The molecule has 4 nitrogen and oxygen atoms in total. The second kappa shape index (κ2) is 9.10. The van der Waals surface area contributed by atoms with Crippen molar-refractivity contribution in [1.82, 2.24) is 15.1 Å². The normalized spacial score (nSPS) is 14.5. The van der Waals surface area contributed by atoms with Crippen LogP contribution in [0.3, 0.4) is 0 Å². The van der Waals surface area contributed by atoms with E-state index in [0.717, 1.165) is 44.7 Å². The molecule has 1 heterocycles. The molecule has 110 valence electrons. The first-order chi connectivity index (χ1) is 9.21. The number of nitrogens with one attached hydrogen (secondary N) is 1. The van der Waals surface area contributed by atoms with Crippen molar-refractivity contribution in [3.8, 4) is 0 Å². The van der Waals surface area contributed by atoms with Gasteiger partial charge in [-0.1, -0.05) is 20.8 Å². The number of likely N-dealkylation sites (N-methyl/N-ethyl adjacent to an activating group) is 1. The first-order valence-corrected chi connectivity index (χ1v) is 7.56. The average Bonchev–Trinajstić information content (AvgIpc) is 2.87. The first kappa shape index (κ1) is 16.2. The first-order valence-electron chi connectivity index (χ1n) is 7.56. The summed E-state index contributed by atoms with van der Waals surface area (Å²) >= 11 is 0. The Morgan fingerprint density at radius 2 is 2.16 bits per heavy atom. The molecule has 4 heteroatoms. The fourth-order valence-corrected chi connectivity index (χ4v) is 2.02. The summed E-state index contributed by atoms with van der Waals surface area (Å²) in [5, 5.41) is 8.12. The molecule has 0 saturated heterocycles. The highest BCUT2D eigenvalue weighted by molar-refractivity contribution is 5.02. The SMILES string of the molecule is CCCOCC(Cc1ccn(C(C)CC)n1)NCC. The maximum atomic E-state index is 5.65. The Morgan fingerprint density at radius 1 is 1.37 bits per heavy atom. The summed E-state index contributed by atoms with van der Waals surface area (Å²) in [4.78, 5) is 0. The zero-order valence-corrected chi connectivity index (χ0v) is 12.9. The fourth-order valence-electron chi connectivity index (χ4n) is 2.02. The van der Waals surface area contributed by atoms with Crippen LogP contribution in [0.25, 0.3) is 0 Å². The minimum Gasteiger partial charge on any atom is -0.380 e. The van der Waals surface area contributed by atoms with E-state index in [2.05, 4.69) is 55.1 Å². The average molecular weight is 267 g/mol. The smallest absolute Gasteiger partial charge is 0.0641 e. The minimum absolute atomic E-state index is 0.358. The van der Waals surface area contributed by atoms with E-state index in [0.29, 0.717) is 12.1 Å². The topological polar surface area (TPSA) is 39.1 Å². The highest BCUT2D eigenvalue weighted by atomic mass is 16.5. The molecule has 0 aromatic carbocycles. The van der Waals surface area contributed by atoms with Crippen molar-refractivity contribution in [1.29, 1.82) is 0 Å². The van der Waals surface area contributed by atoms with Gasteiger partial charge in [-0.15, -0.1) is 0 Å². The van der Waals surface area contributed by atoms with Crippen LogP contribution < -0.4 is 5.32 Å². The number of hydrogen-bond acceptors (Lipinski definition) is 3. The highest BCUT2D eigenvalue weighted by Gasteiger charge is 2.11. The van der Waals surface area contributed by atoms with Gasteiger partial charge in [0.15, 0.2) is 0 Å². The molecule has 0 amide bonds. The standard InChI is InChI=1S/C15H29N3O/c1-5-10-19-12-15(16-7-3)11-14-8-9-18(17-14)13(4)6-2/h8-9,13,15-16H,5-7,10-12H2,1-4H3. The third kappa shape index (κ3) is 5.74. The van der Waals surface area contributed by atoms with E-state index < -0.39 is 0 Å². The van der Waals surface area contributed by atoms with Crippen LogP contribution in [0.5, 0.6) is 0 Å². The molecule has 0 radical (unpaired) electrons. The molecule has 2 unspecified atom stereocenters. The maximum Gasteiger partial charge on any atom is 0.0641 e. The van der Waals surface area contributed by atoms with Gasteiger partial charge < -0.3 is 10.1 Å². The van der Waals surface area contributed by atoms with Crippen molar-refractivity contribution in [2.24, 2.45) is 0 Å². The van der Waals surface area contributed by atoms with E-state index in [1.165, 1.54) is 0 Å². The van der Waals surface area contributed by atoms with E-state index in [9.17, 15) is 0 Å². The molecule has 0 aliphatic rings. The fraction of sp³-hybridized carbons (Fsp3) is 0.800. The van der Waals surface area contributed by atoms with E-state index in [-0.39, 0.29) is 0 Å². The Morgan fingerprint density at radius 3 is 2.79 bits per heavy atom. The van der Waals surface area contributed by atoms with Crippen molar-refractivity contribution >= 4 is 0 Å². The van der Waals surface area contributed by atoms with Gasteiger partial charge in [0, 0.05) is 31.3 Å². The molecule has 19 heavy (non-hydrogen) atoms. The maximum absolute atomic E-state index is 5.65. The van der Waals surface area contributed by atoms with Gasteiger partial charge in [0.2, 0.25) is 0 Å². The predicted molar refractivity (Wildman–Crippen MR) is 79.5 cm³/mol. The van der Waals surface area contributed by atoms with E-state index in [1.54, 1.807) is 0 Å². The molecule has 0 aliphatic heterocycles. The molecule has 1 aromatic heterocycles. The largest absolute Gasteiger partial charge is 0.380 e. The van der Waals surface area contributed by atoms with Crippen molar-refractivity contribution in [3.05, 3.63) is 18.0 Å². The van der Waals surface area contributed by atoms with Gasteiger partial charge in [0.05, 0.1) is 12.3 Å². The van der Waals surface area contributed by atoms with Gasteiger partial charge in [-0.25, -0.2) is 0 Å². The number of rotatable bonds is 10. The van der Waals surface area contributed by atoms with Gasteiger partial charge in [-0.3, -0.25) is 4.68 Å². The minimum atomic E-state index is 0.358. The molecule has 1 aromatic rings. The second-order valence-corrected chi connectivity index (χ2v) is 5.08. The zero-order chi connectivity index (χ0) is 14.1. The molecular weight excluding hydrogens is 238 g/mol. The summed E-state index contributed by atoms with van der Waals surface area (Å²) in [6.45, 7) is 11.2. The molecule has 0 aliphatic carbocycles. The van der Waals surface area contributed by atoms with Crippen LogP contribution in [0.4, 0.5) is 0 Å². The quantitative estimate of drug-likeness (QED) is 0.663. The van der Waals surface area contributed by atoms with E-state index in [4.69, 9.17) is 4.74 Å². The Labute approximate surface area is 117 Å². The van der Waals surface area contributed by atoms with Gasteiger partial charge in [0.25, 0.3) is 0 Å². The predicted octanol–water partition coefficient (Wildman–Crippen LogP) is 2.80. The zero-order valence-electron chi connectivity index (χ0n) is 12.9. The second-order valence-electron chi connectivity index (χ2n) is 5.08.